The standard InChI is InChI=1S/C42H25BrO/c43-36-25-24-26-10-1-2-11-29(26)40(36)28-22-20-27(21-23-28)39-30-12-3-5-14-32(30)41(33-15-6-4-13-31(33)39)35-17-9-19-38-42(35)34-16-7-8-18-37(34)44-38/h1-25H. The number of para-hydroxylation sites is 1. The van der Waals surface area contributed by atoms with Crippen molar-refractivity contribution in [3.05, 3.63) is 156 Å². The molecular weight excluding hydrogens is 600 g/mol. The summed E-state index contributed by atoms with van der Waals surface area (Å²) in [5.41, 5.74) is 9.15. The van der Waals surface area contributed by atoms with Gasteiger partial charge < -0.3 is 4.42 Å². The second-order valence-electron chi connectivity index (χ2n) is 11.3. The molecule has 0 fully saturated rings. The molecule has 2 heteroatoms. The fraction of sp³-hybridized carbons (Fsp3) is 0. The van der Waals surface area contributed by atoms with Crippen LogP contribution in [-0.4, -0.2) is 0 Å². The monoisotopic (exact) mass is 624 g/mol. The number of rotatable bonds is 3. The van der Waals surface area contributed by atoms with Crippen molar-refractivity contribution < 1.29 is 4.42 Å². The summed E-state index contributed by atoms with van der Waals surface area (Å²) in [5, 5.41) is 9.75. The van der Waals surface area contributed by atoms with Crippen LogP contribution in [-0.2, 0) is 0 Å². The van der Waals surface area contributed by atoms with Gasteiger partial charge in [-0.05, 0) is 78.3 Å². The molecule has 1 nitrogen and oxygen atoms in total. The van der Waals surface area contributed by atoms with Crippen molar-refractivity contribution in [2.45, 2.75) is 0 Å². The summed E-state index contributed by atoms with van der Waals surface area (Å²) in [5.74, 6) is 0. The first-order valence-corrected chi connectivity index (χ1v) is 15.7. The maximum absolute atomic E-state index is 6.31. The second kappa shape index (κ2) is 9.94. The molecule has 206 valence electrons. The lowest BCUT2D eigenvalue weighted by atomic mass is 9.84. The molecule has 0 atom stereocenters. The molecule has 0 aliphatic carbocycles. The third kappa shape index (κ3) is 3.78. The molecule has 0 bridgehead atoms. The quantitative estimate of drug-likeness (QED) is 0.178. The Bertz CT molecular complexity index is 2500. The van der Waals surface area contributed by atoms with Crippen LogP contribution in [0.5, 0.6) is 0 Å². The van der Waals surface area contributed by atoms with Gasteiger partial charge in [0.15, 0.2) is 0 Å². The lowest BCUT2D eigenvalue weighted by Crippen LogP contribution is -1.91. The molecule has 0 N–H and O–H groups in total. The Morgan fingerprint density at radius 3 is 1.57 bits per heavy atom. The van der Waals surface area contributed by atoms with Crippen LogP contribution in [0.15, 0.2) is 161 Å². The molecule has 9 aromatic rings. The zero-order valence-corrected chi connectivity index (χ0v) is 25.3. The molecule has 0 radical (unpaired) electrons. The third-order valence-corrected chi connectivity index (χ3v) is 9.60. The molecule has 0 aliphatic heterocycles. The lowest BCUT2D eigenvalue weighted by molar-refractivity contribution is 0.669. The molecule has 44 heavy (non-hydrogen) atoms. The number of benzene rings is 8. The Morgan fingerprint density at radius 2 is 0.886 bits per heavy atom. The maximum atomic E-state index is 6.31. The molecule has 0 saturated heterocycles. The van der Waals surface area contributed by atoms with E-state index in [0.29, 0.717) is 0 Å². The Morgan fingerprint density at radius 1 is 0.364 bits per heavy atom. The summed E-state index contributed by atoms with van der Waals surface area (Å²) in [7, 11) is 0. The van der Waals surface area contributed by atoms with Crippen LogP contribution < -0.4 is 0 Å². The van der Waals surface area contributed by atoms with Crippen molar-refractivity contribution in [3.8, 4) is 33.4 Å². The van der Waals surface area contributed by atoms with Crippen molar-refractivity contribution in [3.63, 3.8) is 0 Å². The van der Waals surface area contributed by atoms with E-state index in [1.807, 2.05) is 6.07 Å². The summed E-state index contributed by atoms with van der Waals surface area (Å²) >= 11 is 3.84. The number of hydrogen-bond acceptors (Lipinski definition) is 1. The highest BCUT2D eigenvalue weighted by molar-refractivity contribution is 9.10. The van der Waals surface area contributed by atoms with E-state index in [-0.39, 0.29) is 0 Å². The van der Waals surface area contributed by atoms with Crippen molar-refractivity contribution >= 4 is 70.2 Å². The zero-order valence-electron chi connectivity index (χ0n) is 23.7. The van der Waals surface area contributed by atoms with E-state index < -0.39 is 0 Å². The van der Waals surface area contributed by atoms with Crippen LogP contribution in [0.1, 0.15) is 0 Å². The average Bonchev–Trinajstić information content (AvgIpc) is 3.46. The summed E-state index contributed by atoms with van der Waals surface area (Å²) in [6.07, 6.45) is 0. The van der Waals surface area contributed by atoms with E-state index in [4.69, 9.17) is 4.42 Å². The number of hydrogen-bond donors (Lipinski definition) is 0. The van der Waals surface area contributed by atoms with Gasteiger partial charge in [0.25, 0.3) is 0 Å². The molecule has 0 saturated carbocycles. The number of halogens is 1. The highest BCUT2D eigenvalue weighted by Gasteiger charge is 2.20. The molecule has 8 aromatic carbocycles. The van der Waals surface area contributed by atoms with Crippen LogP contribution in [0.2, 0.25) is 0 Å². The van der Waals surface area contributed by atoms with E-state index in [1.54, 1.807) is 0 Å². The van der Waals surface area contributed by atoms with E-state index >= 15 is 0 Å². The van der Waals surface area contributed by atoms with E-state index in [9.17, 15) is 0 Å². The van der Waals surface area contributed by atoms with Gasteiger partial charge in [0.05, 0.1) is 0 Å². The van der Waals surface area contributed by atoms with Gasteiger partial charge >= 0.3 is 0 Å². The first-order chi connectivity index (χ1) is 21.8. The Kier molecular flexibility index (Phi) is 5.72. The summed E-state index contributed by atoms with van der Waals surface area (Å²) in [6, 6.07) is 54.4. The first-order valence-electron chi connectivity index (χ1n) is 14.9. The SMILES string of the molecule is Brc1ccc2ccccc2c1-c1ccc(-c2c3ccccc3c(-c3cccc4oc5ccccc5c34)c3ccccc23)cc1. The van der Waals surface area contributed by atoms with Gasteiger partial charge in [-0.1, -0.05) is 149 Å². The first kappa shape index (κ1) is 25.3. The Labute approximate surface area is 263 Å². The predicted octanol–water partition coefficient (Wildman–Crippen LogP) is 12.8. The Balaban J connectivity index is 1.31. The van der Waals surface area contributed by atoms with Gasteiger partial charge in [-0.25, -0.2) is 0 Å². The van der Waals surface area contributed by atoms with Crippen molar-refractivity contribution in [2.75, 3.05) is 0 Å². The van der Waals surface area contributed by atoms with E-state index in [0.717, 1.165) is 26.4 Å². The summed E-state index contributed by atoms with van der Waals surface area (Å²) < 4.78 is 7.41. The minimum atomic E-state index is 0.913. The minimum absolute atomic E-state index is 0.913. The van der Waals surface area contributed by atoms with Gasteiger partial charge in [0.1, 0.15) is 11.2 Å². The third-order valence-electron chi connectivity index (χ3n) is 8.94. The smallest absolute Gasteiger partial charge is 0.136 e. The summed E-state index contributed by atoms with van der Waals surface area (Å²) in [6.45, 7) is 0. The lowest BCUT2D eigenvalue weighted by Gasteiger charge is -2.18. The van der Waals surface area contributed by atoms with Crippen LogP contribution in [0.4, 0.5) is 0 Å². The average molecular weight is 626 g/mol. The van der Waals surface area contributed by atoms with Crippen LogP contribution in [0.3, 0.4) is 0 Å². The molecule has 0 aliphatic rings. The van der Waals surface area contributed by atoms with Crippen LogP contribution in [0, 0.1) is 0 Å². The van der Waals surface area contributed by atoms with Crippen molar-refractivity contribution in [2.24, 2.45) is 0 Å². The minimum Gasteiger partial charge on any atom is -0.456 e. The summed E-state index contributed by atoms with van der Waals surface area (Å²) in [4.78, 5) is 0. The molecule has 0 unspecified atom stereocenters. The second-order valence-corrected chi connectivity index (χ2v) is 12.2. The predicted molar refractivity (Wildman–Crippen MR) is 190 cm³/mol. The molecule has 9 rings (SSSR count). The van der Waals surface area contributed by atoms with E-state index in [1.165, 1.54) is 65.7 Å². The molecular formula is C42H25BrO. The van der Waals surface area contributed by atoms with Crippen molar-refractivity contribution in [1.82, 2.24) is 0 Å². The van der Waals surface area contributed by atoms with Crippen LogP contribution >= 0.6 is 15.9 Å². The normalized spacial score (nSPS) is 11.8. The van der Waals surface area contributed by atoms with Gasteiger partial charge in [-0.3, -0.25) is 0 Å². The van der Waals surface area contributed by atoms with Gasteiger partial charge in [-0.15, -0.1) is 0 Å². The number of fused-ring (bicyclic) bond motifs is 6. The molecule has 1 heterocycles. The fourth-order valence-corrected chi connectivity index (χ4v) is 7.63. The highest BCUT2D eigenvalue weighted by Crippen LogP contribution is 2.47. The van der Waals surface area contributed by atoms with E-state index in [2.05, 4.69) is 162 Å². The maximum Gasteiger partial charge on any atom is 0.136 e. The van der Waals surface area contributed by atoms with Gasteiger partial charge in [0, 0.05) is 20.8 Å². The highest BCUT2D eigenvalue weighted by atomic mass is 79.9. The molecule has 0 spiro atoms. The molecule has 1 aromatic heterocycles. The van der Waals surface area contributed by atoms with Gasteiger partial charge in [0.2, 0.25) is 0 Å². The van der Waals surface area contributed by atoms with Gasteiger partial charge in [-0.2, -0.15) is 0 Å². The fourth-order valence-electron chi connectivity index (χ4n) is 7.05. The zero-order chi connectivity index (χ0) is 29.2. The number of furan rings is 1. The largest absolute Gasteiger partial charge is 0.456 e. The van der Waals surface area contributed by atoms with Crippen molar-refractivity contribution in [1.29, 1.82) is 0 Å². The topological polar surface area (TPSA) is 13.1 Å². The Hall–Kier alpha value is -5.18. The van der Waals surface area contributed by atoms with Crippen LogP contribution in [0.25, 0.3) is 87.6 Å². The molecule has 0 amide bonds.